The van der Waals surface area contributed by atoms with Crippen LogP contribution in [-0.4, -0.2) is 6.26 Å². The van der Waals surface area contributed by atoms with E-state index in [1.165, 1.54) is 11.3 Å². The maximum Gasteiger partial charge on any atom is 0.00904 e. The van der Waals surface area contributed by atoms with E-state index in [-0.39, 0.29) is 0 Å². The van der Waals surface area contributed by atoms with Gasteiger partial charge in [-0.2, -0.15) is 10.0 Å². The zero-order chi connectivity index (χ0) is 9.15. The lowest BCUT2D eigenvalue weighted by Crippen LogP contribution is -1.92. The Labute approximate surface area is 81.3 Å². The molecule has 0 fully saturated rings. The van der Waals surface area contributed by atoms with Gasteiger partial charge in [0.2, 0.25) is 0 Å². The van der Waals surface area contributed by atoms with Gasteiger partial charge < -0.3 is 0 Å². The van der Waals surface area contributed by atoms with Gasteiger partial charge in [-0.25, -0.2) is 0 Å². The maximum absolute atomic E-state index is 2.35. The third-order valence-corrected chi connectivity index (χ3v) is 4.72. The fourth-order valence-corrected chi connectivity index (χ4v) is 3.62. The summed E-state index contributed by atoms with van der Waals surface area (Å²) < 4.78 is 0. The molecule has 13 heavy (non-hydrogen) atoms. The zero-order valence-corrected chi connectivity index (χ0v) is 8.63. The number of benzene rings is 1. The first-order valence-electron chi connectivity index (χ1n) is 4.43. The molecule has 1 aromatic carbocycles. The third kappa shape index (κ3) is 2.04. The Kier molecular flexibility index (Phi) is 2.28. The lowest BCUT2D eigenvalue weighted by atomic mass is 10.2. The molecule has 0 amide bonds. The Morgan fingerprint density at radius 1 is 1.00 bits per heavy atom. The van der Waals surface area contributed by atoms with Crippen molar-refractivity contribution in [2.24, 2.45) is 0 Å². The van der Waals surface area contributed by atoms with Crippen LogP contribution in [0, 0.1) is 0 Å². The van der Waals surface area contributed by atoms with E-state index >= 15 is 0 Å². The van der Waals surface area contributed by atoms with Gasteiger partial charge in [0.1, 0.15) is 0 Å². The Hall–Kier alpha value is -0.950. The minimum absolute atomic E-state index is 0.618. The van der Waals surface area contributed by atoms with Crippen LogP contribution in [0.3, 0.4) is 0 Å². The molecule has 1 aliphatic heterocycles. The van der Waals surface area contributed by atoms with Crippen molar-refractivity contribution in [1.82, 2.24) is 0 Å². The Bertz CT molecular complexity index is 323. The zero-order valence-electron chi connectivity index (χ0n) is 7.81. The quantitative estimate of drug-likeness (QED) is 0.667. The number of allylic oxidation sites excluding steroid dienone is 2. The number of hydrogen-bond acceptors (Lipinski definition) is 0. The highest BCUT2D eigenvalue weighted by Gasteiger charge is 2.13. The van der Waals surface area contributed by atoms with Gasteiger partial charge in [-0.15, -0.1) is 0 Å². The standard InChI is InChI=1S/C12H14S/c1-13(9-5-6-10-13)11-12-7-3-2-4-8-12/h2-10H,11H2,1H3. The van der Waals surface area contributed by atoms with Gasteiger partial charge in [-0.3, -0.25) is 0 Å². The van der Waals surface area contributed by atoms with E-state index in [0.717, 1.165) is 0 Å². The summed E-state index contributed by atoms with van der Waals surface area (Å²) in [5, 5.41) is 4.69. The average Bonchev–Trinajstić information content (AvgIpc) is 2.54. The van der Waals surface area contributed by atoms with Crippen LogP contribution in [0.15, 0.2) is 53.3 Å². The van der Waals surface area contributed by atoms with Gasteiger partial charge in [0.15, 0.2) is 0 Å². The van der Waals surface area contributed by atoms with Gasteiger partial charge >= 0.3 is 0 Å². The van der Waals surface area contributed by atoms with Crippen molar-refractivity contribution in [1.29, 1.82) is 0 Å². The minimum atomic E-state index is -0.618. The Balaban J connectivity index is 2.15. The summed E-state index contributed by atoms with van der Waals surface area (Å²) in [7, 11) is -0.618. The molecule has 1 heterocycles. The van der Waals surface area contributed by atoms with Crippen molar-refractivity contribution in [3.05, 3.63) is 58.9 Å². The Morgan fingerprint density at radius 3 is 2.23 bits per heavy atom. The highest BCUT2D eigenvalue weighted by molar-refractivity contribution is 8.37. The van der Waals surface area contributed by atoms with Crippen LogP contribution in [0.5, 0.6) is 0 Å². The lowest BCUT2D eigenvalue weighted by molar-refractivity contribution is 1.40. The van der Waals surface area contributed by atoms with Crippen molar-refractivity contribution >= 4 is 10.0 Å². The van der Waals surface area contributed by atoms with E-state index in [1.807, 2.05) is 0 Å². The topological polar surface area (TPSA) is 0 Å². The monoisotopic (exact) mass is 190 g/mol. The second kappa shape index (κ2) is 3.43. The molecule has 0 spiro atoms. The smallest absolute Gasteiger partial charge is 0.00904 e. The molecule has 1 heteroatoms. The summed E-state index contributed by atoms with van der Waals surface area (Å²) >= 11 is 0. The second-order valence-corrected chi connectivity index (χ2v) is 6.81. The van der Waals surface area contributed by atoms with Crippen molar-refractivity contribution in [3.63, 3.8) is 0 Å². The molecular weight excluding hydrogens is 176 g/mol. The van der Waals surface area contributed by atoms with Gasteiger partial charge in [-0.05, 0) is 22.6 Å². The predicted octanol–water partition coefficient (Wildman–Crippen LogP) is 3.66. The molecule has 1 aliphatic rings. The largest absolute Gasteiger partial charge is 0.200 e. The summed E-state index contributed by atoms with van der Waals surface area (Å²) in [6.07, 6.45) is 6.68. The van der Waals surface area contributed by atoms with Crippen LogP contribution >= 0.6 is 10.0 Å². The van der Waals surface area contributed by atoms with Crippen molar-refractivity contribution < 1.29 is 0 Å². The van der Waals surface area contributed by atoms with E-state index in [0.29, 0.717) is 0 Å². The van der Waals surface area contributed by atoms with Crippen LogP contribution in [0.2, 0.25) is 0 Å². The molecule has 0 unspecified atom stereocenters. The molecule has 0 aromatic heterocycles. The second-order valence-electron chi connectivity index (χ2n) is 3.52. The van der Waals surface area contributed by atoms with Gasteiger partial charge in [-0.1, -0.05) is 42.5 Å². The van der Waals surface area contributed by atoms with Crippen molar-refractivity contribution in [3.8, 4) is 0 Å². The molecule has 0 bridgehead atoms. The van der Waals surface area contributed by atoms with Crippen LogP contribution < -0.4 is 0 Å². The normalized spacial score (nSPS) is 20.4. The molecule has 1 aromatic rings. The summed E-state index contributed by atoms with van der Waals surface area (Å²) in [4.78, 5) is 0. The maximum atomic E-state index is 2.35. The summed E-state index contributed by atoms with van der Waals surface area (Å²) in [5.74, 6) is 1.18. The average molecular weight is 190 g/mol. The van der Waals surface area contributed by atoms with Gasteiger partial charge in [0.05, 0.1) is 0 Å². The predicted molar refractivity (Wildman–Crippen MR) is 61.9 cm³/mol. The first-order valence-corrected chi connectivity index (χ1v) is 6.77. The van der Waals surface area contributed by atoms with E-state index in [9.17, 15) is 0 Å². The molecule has 68 valence electrons. The molecule has 0 radical (unpaired) electrons. The fourth-order valence-electron chi connectivity index (χ4n) is 1.52. The molecular formula is C12H14S. The molecule has 2 rings (SSSR count). The first kappa shape index (κ1) is 8.64. The Morgan fingerprint density at radius 2 is 1.62 bits per heavy atom. The highest BCUT2D eigenvalue weighted by Crippen LogP contribution is 2.52. The minimum Gasteiger partial charge on any atom is -0.200 e. The van der Waals surface area contributed by atoms with Crippen LogP contribution in [0.25, 0.3) is 0 Å². The van der Waals surface area contributed by atoms with E-state index in [1.54, 1.807) is 0 Å². The molecule has 0 aliphatic carbocycles. The highest BCUT2D eigenvalue weighted by atomic mass is 32.3. The SMILES string of the molecule is CS1(Cc2ccccc2)C=CC=C1. The summed E-state index contributed by atoms with van der Waals surface area (Å²) in [6, 6.07) is 10.7. The fraction of sp³-hybridized carbons (Fsp3) is 0.167. The van der Waals surface area contributed by atoms with Gasteiger partial charge in [0, 0.05) is 5.75 Å². The summed E-state index contributed by atoms with van der Waals surface area (Å²) in [6.45, 7) is 0. The number of hydrogen-bond donors (Lipinski definition) is 0. The van der Waals surface area contributed by atoms with E-state index < -0.39 is 10.0 Å². The van der Waals surface area contributed by atoms with Crippen LogP contribution in [-0.2, 0) is 5.75 Å². The number of rotatable bonds is 2. The molecule has 0 saturated heterocycles. The van der Waals surface area contributed by atoms with Crippen molar-refractivity contribution in [2.45, 2.75) is 5.75 Å². The first-order chi connectivity index (χ1) is 6.29. The van der Waals surface area contributed by atoms with E-state index in [2.05, 4.69) is 59.6 Å². The van der Waals surface area contributed by atoms with E-state index in [4.69, 9.17) is 0 Å². The molecule has 0 nitrogen and oxygen atoms in total. The molecule has 0 saturated carbocycles. The van der Waals surface area contributed by atoms with Crippen LogP contribution in [0.1, 0.15) is 5.56 Å². The lowest BCUT2D eigenvalue weighted by Gasteiger charge is -2.25. The summed E-state index contributed by atoms with van der Waals surface area (Å²) in [5.41, 5.74) is 1.44. The van der Waals surface area contributed by atoms with Crippen LogP contribution in [0.4, 0.5) is 0 Å². The molecule has 0 N–H and O–H groups in total. The third-order valence-electron chi connectivity index (χ3n) is 2.21. The van der Waals surface area contributed by atoms with Gasteiger partial charge in [0.25, 0.3) is 0 Å². The molecule has 0 atom stereocenters. The van der Waals surface area contributed by atoms with Crippen molar-refractivity contribution in [2.75, 3.05) is 6.26 Å².